The number of aromatic nitrogens is 2. The molecule has 1 heterocycles. The van der Waals surface area contributed by atoms with Crippen LogP contribution >= 0.6 is 0 Å². The van der Waals surface area contributed by atoms with Crippen LogP contribution in [0.5, 0.6) is 0 Å². The van der Waals surface area contributed by atoms with E-state index in [2.05, 4.69) is 9.97 Å². The minimum atomic E-state index is 0. The highest BCUT2D eigenvalue weighted by Gasteiger charge is 1.74. The first-order valence-corrected chi connectivity index (χ1v) is 1.91. The first-order valence-electron chi connectivity index (χ1n) is 1.91. The van der Waals surface area contributed by atoms with Crippen molar-refractivity contribution in [1.29, 1.82) is 0 Å². The van der Waals surface area contributed by atoms with Crippen LogP contribution in [-0.4, -0.2) is 9.97 Å². The van der Waals surface area contributed by atoms with Crippen LogP contribution in [0.15, 0.2) is 18.6 Å². The third-order valence-corrected chi connectivity index (χ3v) is 0.605. The molecule has 1 aromatic heterocycles. The number of hydrogen-bond acceptors (Lipinski definition) is 3. The number of rotatable bonds is 0. The summed E-state index contributed by atoms with van der Waals surface area (Å²) >= 11 is 0. The lowest BCUT2D eigenvalue weighted by Crippen LogP contribution is -1.87. The highest BCUT2D eigenvalue weighted by Crippen LogP contribution is 1.85. The molecule has 0 saturated carbocycles. The predicted octanol–water partition coefficient (Wildman–Crippen LogP) is 0.305. The molecule has 1 rings (SSSR count). The fourth-order valence-corrected chi connectivity index (χ4v) is 0.301. The van der Waals surface area contributed by atoms with Gasteiger partial charge in [0, 0.05) is 7.62 Å². The number of hydrogen-bond donors (Lipinski definition) is 1. The Morgan fingerprint density at radius 1 is 1.71 bits per heavy atom. The monoisotopic (exact) mass is 97.1 g/mol. The van der Waals surface area contributed by atoms with Gasteiger partial charge in [-0.1, -0.05) is 0 Å². The van der Waals surface area contributed by atoms with Gasteiger partial charge in [0.25, 0.3) is 0 Å². The molecule has 3 nitrogen and oxygen atoms in total. The maximum atomic E-state index is 5.21. The van der Waals surface area contributed by atoms with E-state index in [0.29, 0.717) is 5.82 Å². The number of nitrogens with two attached hydrogens (primary N) is 1. The first-order chi connectivity index (χ1) is 3.39. The molecule has 0 fully saturated rings. The minimum Gasteiger partial charge on any atom is -0.384 e. The Morgan fingerprint density at radius 3 is 2.86 bits per heavy atom. The molecule has 0 aliphatic heterocycles. The van der Waals surface area contributed by atoms with E-state index in [1.807, 2.05) is 0 Å². The predicted molar refractivity (Wildman–Crippen MR) is 28.6 cm³/mol. The number of anilines is 1. The Kier molecular flexibility index (Phi) is 0.898. The van der Waals surface area contributed by atoms with E-state index in [4.69, 9.17) is 5.73 Å². The first kappa shape index (κ1) is 4.05. The average Bonchev–Trinajstić information content (AvgIpc) is 1.69. The third-order valence-electron chi connectivity index (χ3n) is 0.605. The lowest BCUT2D eigenvalue weighted by atomic mass is 10.6. The second kappa shape index (κ2) is 1.55. The van der Waals surface area contributed by atoms with Crippen molar-refractivity contribution in [3.8, 4) is 0 Å². The maximum Gasteiger partial charge on any atom is 0.126 e. The normalized spacial score (nSPS) is 8.57. The van der Waals surface area contributed by atoms with Gasteiger partial charge in [-0.3, -0.25) is 0 Å². The van der Waals surface area contributed by atoms with Gasteiger partial charge in [-0.25, -0.2) is 9.97 Å². The average molecular weight is 97.1 g/mol. The van der Waals surface area contributed by atoms with Crippen molar-refractivity contribution in [1.82, 2.24) is 9.97 Å². The molecule has 0 spiro atoms. The van der Waals surface area contributed by atoms with Crippen molar-refractivity contribution in [2.24, 2.45) is 0 Å². The van der Waals surface area contributed by atoms with Crippen LogP contribution in [-0.2, 0) is 0 Å². The zero-order valence-electron chi connectivity index (χ0n) is 3.70. The largest absolute Gasteiger partial charge is 0.384 e. The van der Waals surface area contributed by atoms with E-state index in [9.17, 15) is 0 Å². The van der Waals surface area contributed by atoms with E-state index in [-0.39, 0.29) is 1.43 Å². The van der Waals surface area contributed by atoms with Crippen LogP contribution in [0.2, 0.25) is 0 Å². The molecule has 0 aliphatic carbocycles. The van der Waals surface area contributed by atoms with E-state index < -0.39 is 0 Å². The van der Waals surface area contributed by atoms with Crippen molar-refractivity contribution >= 4 is 5.82 Å². The van der Waals surface area contributed by atoms with Crippen LogP contribution in [0.1, 0.15) is 1.43 Å². The molecule has 7 heavy (non-hydrogen) atoms. The second-order valence-electron chi connectivity index (χ2n) is 1.13. The molecule has 0 atom stereocenters. The minimum absolute atomic E-state index is 0. The van der Waals surface area contributed by atoms with Crippen molar-refractivity contribution in [2.75, 3.05) is 5.73 Å². The van der Waals surface area contributed by atoms with Gasteiger partial charge in [-0.2, -0.15) is 0 Å². The van der Waals surface area contributed by atoms with E-state index in [0.717, 1.165) is 0 Å². The summed E-state index contributed by atoms with van der Waals surface area (Å²) < 4.78 is 0. The summed E-state index contributed by atoms with van der Waals surface area (Å²) in [6.45, 7) is 0. The van der Waals surface area contributed by atoms with Crippen molar-refractivity contribution < 1.29 is 1.43 Å². The summed E-state index contributed by atoms with van der Waals surface area (Å²) in [5.74, 6) is 0.509. The van der Waals surface area contributed by atoms with Crippen LogP contribution in [0.4, 0.5) is 5.82 Å². The van der Waals surface area contributed by atoms with E-state index in [1.54, 1.807) is 12.3 Å². The lowest BCUT2D eigenvalue weighted by Gasteiger charge is -1.82. The fraction of sp³-hybridized carbons (Fsp3) is 0. The number of nitrogen functional groups attached to an aromatic ring is 1. The van der Waals surface area contributed by atoms with Crippen molar-refractivity contribution in [3.05, 3.63) is 18.6 Å². The summed E-state index contributed by atoms with van der Waals surface area (Å²) in [5.41, 5.74) is 5.21. The summed E-state index contributed by atoms with van der Waals surface area (Å²) in [7, 11) is 0. The van der Waals surface area contributed by atoms with E-state index in [1.165, 1.54) is 6.33 Å². The number of nitrogens with zero attached hydrogens (tertiary/aromatic N) is 2. The van der Waals surface area contributed by atoms with Gasteiger partial charge in [0.15, 0.2) is 0 Å². The topological polar surface area (TPSA) is 51.8 Å². The van der Waals surface area contributed by atoms with Crippen LogP contribution in [0, 0.1) is 0 Å². The molecule has 0 aliphatic rings. The van der Waals surface area contributed by atoms with E-state index >= 15 is 0 Å². The Hall–Kier alpha value is -1.12. The molecule has 1 aromatic rings. The van der Waals surface area contributed by atoms with Gasteiger partial charge < -0.3 is 5.73 Å². The summed E-state index contributed by atoms with van der Waals surface area (Å²) in [5, 5.41) is 0. The Labute approximate surface area is 42.7 Å². The second-order valence-corrected chi connectivity index (χ2v) is 1.13. The smallest absolute Gasteiger partial charge is 0.126 e. The lowest BCUT2D eigenvalue weighted by molar-refractivity contribution is 1.18. The van der Waals surface area contributed by atoms with Crippen LogP contribution in [0.25, 0.3) is 0 Å². The molecular formula is C4H7N3. The molecule has 0 saturated heterocycles. The SMILES string of the molecule is Nc1ccncn1.[HH]. The molecule has 2 N–H and O–H groups in total. The van der Waals surface area contributed by atoms with Gasteiger partial charge >= 0.3 is 0 Å². The Morgan fingerprint density at radius 2 is 2.57 bits per heavy atom. The van der Waals surface area contributed by atoms with Crippen molar-refractivity contribution in [2.45, 2.75) is 0 Å². The molecule has 0 bridgehead atoms. The Bertz CT molecular complexity index is 141. The zero-order chi connectivity index (χ0) is 5.11. The fourth-order valence-electron chi connectivity index (χ4n) is 0.301. The van der Waals surface area contributed by atoms with Crippen LogP contribution < -0.4 is 5.73 Å². The van der Waals surface area contributed by atoms with Crippen LogP contribution in [0.3, 0.4) is 0 Å². The summed E-state index contributed by atoms with van der Waals surface area (Å²) in [6.07, 6.45) is 3.01. The molecule has 0 unspecified atom stereocenters. The molecule has 0 amide bonds. The van der Waals surface area contributed by atoms with Gasteiger partial charge in [0.05, 0.1) is 0 Å². The van der Waals surface area contributed by atoms with Gasteiger partial charge in [0.2, 0.25) is 0 Å². The van der Waals surface area contributed by atoms with Crippen molar-refractivity contribution in [3.63, 3.8) is 0 Å². The summed E-state index contributed by atoms with van der Waals surface area (Å²) in [4.78, 5) is 7.30. The Balaban J connectivity index is 0.000000490. The quantitative estimate of drug-likeness (QED) is 0.506. The highest BCUT2D eigenvalue weighted by molar-refractivity contribution is 5.22. The summed E-state index contributed by atoms with van der Waals surface area (Å²) in [6, 6.07) is 1.64. The standard InChI is InChI=1S/C4H5N3.H2/c5-4-1-2-6-3-7-4;/h1-3H,(H2,5,6,7);1H. The molecule has 0 radical (unpaired) electrons. The van der Waals surface area contributed by atoms with Gasteiger partial charge in [0.1, 0.15) is 12.1 Å². The van der Waals surface area contributed by atoms with Gasteiger partial charge in [-0.15, -0.1) is 0 Å². The molecular weight excluding hydrogens is 90.1 g/mol. The molecule has 3 heteroatoms. The molecule has 0 aromatic carbocycles. The molecule has 38 valence electrons. The maximum absolute atomic E-state index is 5.21. The highest BCUT2D eigenvalue weighted by atomic mass is 14.9. The van der Waals surface area contributed by atoms with Gasteiger partial charge in [-0.05, 0) is 6.07 Å². The zero-order valence-corrected chi connectivity index (χ0v) is 3.70. The third kappa shape index (κ3) is 0.855.